The Hall–Kier alpha value is -4.68. The third kappa shape index (κ3) is 2.20. The SMILES string of the molecule is c1ccc(-c2ccc3c4ccccc4c4cc5cc6c(cc5c2c34)c2cccc3cccc6c32)cc1. The zero-order valence-corrected chi connectivity index (χ0v) is 19.5. The Labute approximate surface area is 207 Å². The smallest absolute Gasteiger partial charge is 0.00137 e. The minimum Gasteiger partial charge on any atom is -0.0622 e. The van der Waals surface area contributed by atoms with Gasteiger partial charge in [-0.25, -0.2) is 0 Å². The van der Waals surface area contributed by atoms with Crippen LogP contribution in [0.3, 0.4) is 0 Å². The average Bonchev–Trinajstić information content (AvgIpc) is 3.43. The molecule has 0 aliphatic rings. The molecule has 36 heavy (non-hydrogen) atoms. The van der Waals surface area contributed by atoms with Crippen molar-refractivity contribution in [3.05, 3.63) is 121 Å². The van der Waals surface area contributed by atoms with Crippen molar-refractivity contribution in [3.8, 4) is 11.1 Å². The lowest BCUT2D eigenvalue weighted by Crippen LogP contribution is -1.85. The first-order valence-corrected chi connectivity index (χ1v) is 12.6. The monoisotopic (exact) mass is 452 g/mol. The maximum absolute atomic E-state index is 2.47. The third-order valence-corrected chi connectivity index (χ3v) is 8.31. The van der Waals surface area contributed by atoms with Crippen molar-refractivity contribution < 1.29 is 0 Å². The molecule has 0 fully saturated rings. The van der Waals surface area contributed by atoms with E-state index >= 15 is 0 Å². The van der Waals surface area contributed by atoms with Crippen LogP contribution in [0.1, 0.15) is 0 Å². The van der Waals surface area contributed by atoms with E-state index in [0.29, 0.717) is 0 Å². The summed E-state index contributed by atoms with van der Waals surface area (Å²) in [6.45, 7) is 0. The standard InChI is InChI=1S/C36H20/c1-2-8-21(9-3-1)24-16-17-29-25-12-4-5-13-26(25)33-19-23-18-31-27-14-6-10-22-11-7-15-28(34(22)27)32(31)20-30(23)35(24)36(29)33/h1-20H. The largest absolute Gasteiger partial charge is 0.0622 e. The highest BCUT2D eigenvalue weighted by Crippen LogP contribution is 2.48. The van der Waals surface area contributed by atoms with Crippen LogP contribution in [0.15, 0.2) is 121 Å². The van der Waals surface area contributed by atoms with Gasteiger partial charge in [-0.1, -0.05) is 103 Å². The second-order valence-corrected chi connectivity index (χ2v) is 10.1. The lowest BCUT2D eigenvalue weighted by atomic mass is 9.90. The zero-order chi connectivity index (χ0) is 23.4. The molecule has 0 aromatic heterocycles. The molecule has 9 rings (SSSR count). The van der Waals surface area contributed by atoms with Crippen LogP contribution in [0.5, 0.6) is 0 Å². The van der Waals surface area contributed by atoms with Crippen LogP contribution in [0, 0.1) is 0 Å². The molecule has 0 N–H and O–H groups in total. The number of rotatable bonds is 1. The molecule has 0 heterocycles. The zero-order valence-electron chi connectivity index (χ0n) is 19.5. The van der Waals surface area contributed by atoms with E-state index in [1.54, 1.807) is 0 Å². The Kier molecular flexibility index (Phi) is 3.36. The fourth-order valence-corrected chi connectivity index (χ4v) is 6.83. The van der Waals surface area contributed by atoms with Gasteiger partial charge in [-0.2, -0.15) is 0 Å². The normalized spacial score (nSPS) is 12.4. The summed E-state index contributed by atoms with van der Waals surface area (Å²) in [4.78, 5) is 0. The Bertz CT molecular complexity index is 2280. The highest BCUT2D eigenvalue weighted by atomic mass is 14.2. The summed E-state index contributed by atoms with van der Waals surface area (Å²) in [7, 11) is 0. The fourth-order valence-electron chi connectivity index (χ4n) is 6.83. The molecule has 0 bridgehead atoms. The summed E-state index contributed by atoms with van der Waals surface area (Å²) in [6.07, 6.45) is 0. The Morgan fingerprint density at radius 1 is 0.278 bits per heavy atom. The van der Waals surface area contributed by atoms with E-state index in [-0.39, 0.29) is 0 Å². The molecule has 0 nitrogen and oxygen atoms in total. The Morgan fingerprint density at radius 3 is 1.67 bits per heavy atom. The van der Waals surface area contributed by atoms with Crippen LogP contribution < -0.4 is 0 Å². The van der Waals surface area contributed by atoms with Crippen LogP contribution >= 0.6 is 0 Å². The first-order chi connectivity index (χ1) is 17.9. The molecule has 0 saturated heterocycles. The van der Waals surface area contributed by atoms with E-state index in [2.05, 4.69) is 121 Å². The summed E-state index contributed by atoms with van der Waals surface area (Å²) < 4.78 is 0. The Balaban J connectivity index is 1.59. The summed E-state index contributed by atoms with van der Waals surface area (Å²) in [5.41, 5.74) is 2.58. The van der Waals surface area contributed by atoms with Gasteiger partial charge in [0.05, 0.1) is 0 Å². The van der Waals surface area contributed by atoms with E-state index in [1.165, 1.54) is 86.5 Å². The highest BCUT2D eigenvalue weighted by molar-refractivity contribution is 6.39. The predicted octanol–water partition coefficient (Wildman–Crippen LogP) is 10.3. The first kappa shape index (κ1) is 18.6. The quantitative estimate of drug-likeness (QED) is 0.217. The molecule has 0 unspecified atom stereocenters. The van der Waals surface area contributed by atoms with Crippen LogP contribution in [-0.4, -0.2) is 0 Å². The molecular formula is C36H20. The van der Waals surface area contributed by atoms with Gasteiger partial charge in [0.25, 0.3) is 0 Å². The van der Waals surface area contributed by atoms with Crippen LogP contribution in [0.25, 0.3) is 86.5 Å². The van der Waals surface area contributed by atoms with E-state index in [4.69, 9.17) is 0 Å². The lowest BCUT2D eigenvalue weighted by molar-refractivity contribution is 1.67. The molecular weight excluding hydrogens is 432 g/mol. The van der Waals surface area contributed by atoms with Crippen molar-refractivity contribution in [2.45, 2.75) is 0 Å². The minimum absolute atomic E-state index is 1.27. The van der Waals surface area contributed by atoms with Gasteiger partial charge in [0.15, 0.2) is 0 Å². The minimum atomic E-state index is 1.27. The molecule has 0 aliphatic heterocycles. The van der Waals surface area contributed by atoms with Crippen molar-refractivity contribution in [3.63, 3.8) is 0 Å². The van der Waals surface area contributed by atoms with Crippen LogP contribution in [0.4, 0.5) is 0 Å². The second kappa shape index (κ2) is 6.50. The maximum Gasteiger partial charge on any atom is -0.00137 e. The predicted molar refractivity (Wildman–Crippen MR) is 157 cm³/mol. The molecule has 0 saturated carbocycles. The van der Waals surface area contributed by atoms with Gasteiger partial charge in [0.1, 0.15) is 0 Å². The van der Waals surface area contributed by atoms with Gasteiger partial charge < -0.3 is 0 Å². The molecule has 0 aliphatic carbocycles. The van der Waals surface area contributed by atoms with Gasteiger partial charge in [0.2, 0.25) is 0 Å². The summed E-state index contributed by atoms with van der Waals surface area (Å²) in [6, 6.07) is 45.2. The van der Waals surface area contributed by atoms with Gasteiger partial charge in [-0.15, -0.1) is 0 Å². The first-order valence-electron chi connectivity index (χ1n) is 12.6. The van der Waals surface area contributed by atoms with Gasteiger partial charge >= 0.3 is 0 Å². The van der Waals surface area contributed by atoms with Gasteiger partial charge in [-0.3, -0.25) is 0 Å². The molecule has 164 valence electrons. The fraction of sp³-hybridized carbons (Fsp3) is 0. The summed E-state index contributed by atoms with van der Waals surface area (Å²) in [5.74, 6) is 0. The highest BCUT2D eigenvalue weighted by Gasteiger charge is 2.19. The van der Waals surface area contributed by atoms with Gasteiger partial charge in [0, 0.05) is 0 Å². The molecule has 9 aromatic carbocycles. The Morgan fingerprint density at radius 2 is 0.889 bits per heavy atom. The van der Waals surface area contributed by atoms with E-state index in [1.807, 2.05) is 0 Å². The number of fused-ring (bicyclic) bond motifs is 8. The third-order valence-electron chi connectivity index (χ3n) is 8.31. The van der Waals surface area contributed by atoms with Crippen molar-refractivity contribution in [2.24, 2.45) is 0 Å². The van der Waals surface area contributed by atoms with E-state index in [0.717, 1.165) is 0 Å². The topological polar surface area (TPSA) is 0 Å². The summed E-state index contributed by atoms with van der Waals surface area (Å²) in [5, 5.41) is 18.9. The molecule has 9 aromatic rings. The molecule has 0 spiro atoms. The van der Waals surface area contributed by atoms with Crippen molar-refractivity contribution in [1.82, 2.24) is 0 Å². The van der Waals surface area contributed by atoms with Crippen molar-refractivity contribution >= 4 is 75.4 Å². The van der Waals surface area contributed by atoms with Gasteiger partial charge in [-0.05, 0) is 105 Å². The van der Waals surface area contributed by atoms with Crippen LogP contribution in [0.2, 0.25) is 0 Å². The average molecular weight is 453 g/mol. The maximum atomic E-state index is 2.47. The van der Waals surface area contributed by atoms with E-state index < -0.39 is 0 Å². The second-order valence-electron chi connectivity index (χ2n) is 10.1. The van der Waals surface area contributed by atoms with Crippen molar-refractivity contribution in [2.75, 3.05) is 0 Å². The molecule has 0 radical (unpaired) electrons. The molecule has 0 heteroatoms. The number of benzene rings is 7. The van der Waals surface area contributed by atoms with Crippen molar-refractivity contribution in [1.29, 1.82) is 0 Å². The number of hydrogen-bond donors (Lipinski definition) is 0. The lowest BCUT2D eigenvalue weighted by Gasteiger charge is -2.12. The van der Waals surface area contributed by atoms with Crippen LogP contribution in [-0.2, 0) is 0 Å². The van der Waals surface area contributed by atoms with E-state index in [9.17, 15) is 0 Å². The molecule has 0 atom stereocenters. The summed E-state index contributed by atoms with van der Waals surface area (Å²) >= 11 is 0. The molecule has 0 amide bonds. The number of hydrogen-bond acceptors (Lipinski definition) is 0.